The van der Waals surface area contributed by atoms with Crippen molar-refractivity contribution in [3.05, 3.63) is 0 Å². The predicted molar refractivity (Wildman–Crippen MR) is 77.7 cm³/mol. The Bertz CT molecular complexity index is 257. The second kappa shape index (κ2) is 6.67. The molecule has 1 heterocycles. The van der Waals surface area contributed by atoms with Crippen molar-refractivity contribution in [1.82, 2.24) is 5.32 Å². The molecule has 17 heavy (non-hydrogen) atoms. The molecule has 2 rings (SSSR count). The molecule has 0 aromatic carbocycles. The van der Waals surface area contributed by atoms with Crippen LogP contribution in [-0.4, -0.2) is 23.5 Å². The lowest BCUT2D eigenvalue weighted by Gasteiger charge is -2.28. The molecule has 0 bridgehead atoms. The van der Waals surface area contributed by atoms with Crippen LogP contribution in [-0.2, 0) is 0 Å². The summed E-state index contributed by atoms with van der Waals surface area (Å²) in [4.78, 5) is 4.75. The van der Waals surface area contributed by atoms with Crippen LogP contribution in [0.4, 0.5) is 0 Å². The molecular weight excluding hydrogens is 228 g/mol. The molecule has 1 aliphatic carbocycles. The zero-order chi connectivity index (χ0) is 12.1. The lowest BCUT2D eigenvalue weighted by atomic mass is 10.0. The van der Waals surface area contributed by atoms with Gasteiger partial charge in [0.2, 0.25) is 0 Å². The topological polar surface area (TPSA) is 24.4 Å². The van der Waals surface area contributed by atoms with E-state index in [-0.39, 0.29) is 0 Å². The highest BCUT2D eigenvalue weighted by Crippen LogP contribution is 2.27. The first-order chi connectivity index (χ1) is 8.25. The van der Waals surface area contributed by atoms with Crippen LogP contribution in [0.25, 0.3) is 0 Å². The average Bonchev–Trinajstić information content (AvgIpc) is 2.82. The van der Waals surface area contributed by atoms with Gasteiger partial charge in [0, 0.05) is 18.3 Å². The highest BCUT2D eigenvalue weighted by molar-refractivity contribution is 8.13. The normalized spacial score (nSPS) is 28.9. The van der Waals surface area contributed by atoms with Gasteiger partial charge < -0.3 is 5.32 Å². The first-order valence-corrected chi connectivity index (χ1v) is 8.18. The lowest BCUT2D eigenvalue weighted by Crippen LogP contribution is -2.41. The Morgan fingerprint density at radius 3 is 2.76 bits per heavy atom. The number of rotatable bonds is 4. The van der Waals surface area contributed by atoms with E-state index in [1.165, 1.54) is 49.4 Å². The minimum atomic E-state index is 0.640. The van der Waals surface area contributed by atoms with E-state index < -0.39 is 0 Å². The molecule has 0 aromatic heterocycles. The summed E-state index contributed by atoms with van der Waals surface area (Å²) in [7, 11) is 0. The van der Waals surface area contributed by atoms with Gasteiger partial charge in [-0.15, -0.1) is 0 Å². The van der Waals surface area contributed by atoms with Gasteiger partial charge in [-0.05, 0) is 24.7 Å². The molecule has 1 saturated heterocycles. The Morgan fingerprint density at radius 1 is 1.29 bits per heavy atom. The number of aliphatic imine (C=N–C) groups is 1. The summed E-state index contributed by atoms with van der Waals surface area (Å²) >= 11 is 1.91. The summed E-state index contributed by atoms with van der Waals surface area (Å²) in [6.07, 6.45) is 8.37. The lowest BCUT2D eigenvalue weighted by molar-refractivity contribution is 0.441. The summed E-state index contributed by atoms with van der Waals surface area (Å²) < 4.78 is 0. The fourth-order valence-corrected chi connectivity index (χ4v) is 3.78. The van der Waals surface area contributed by atoms with Gasteiger partial charge in [0.1, 0.15) is 0 Å². The largest absolute Gasteiger partial charge is 0.362 e. The molecule has 0 radical (unpaired) electrons. The fraction of sp³-hybridized carbons (Fsp3) is 0.929. The molecular formula is C14H26N2S. The molecule has 0 aromatic rings. The van der Waals surface area contributed by atoms with Gasteiger partial charge in [-0.25, -0.2) is 0 Å². The Morgan fingerprint density at radius 2 is 2.06 bits per heavy atom. The minimum Gasteiger partial charge on any atom is -0.362 e. The van der Waals surface area contributed by atoms with E-state index in [0.29, 0.717) is 6.04 Å². The van der Waals surface area contributed by atoms with Crippen LogP contribution < -0.4 is 5.32 Å². The molecule has 1 unspecified atom stereocenters. The quantitative estimate of drug-likeness (QED) is 0.827. The summed E-state index contributed by atoms with van der Waals surface area (Å²) in [5.41, 5.74) is 0. The molecule has 1 saturated carbocycles. The maximum atomic E-state index is 4.75. The summed E-state index contributed by atoms with van der Waals surface area (Å²) in [6.45, 7) is 5.62. The third kappa shape index (κ3) is 4.20. The third-order valence-electron chi connectivity index (χ3n) is 4.05. The van der Waals surface area contributed by atoms with E-state index in [1.807, 2.05) is 11.8 Å². The first kappa shape index (κ1) is 13.3. The molecule has 3 heteroatoms. The van der Waals surface area contributed by atoms with Crippen LogP contribution in [0.2, 0.25) is 0 Å². The first-order valence-electron chi connectivity index (χ1n) is 7.19. The fourth-order valence-electron chi connectivity index (χ4n) is 2.79. The van der Waals surface area contributed by atoms with Gasteiger partial charge in [-0.1, -0.05) is 51.3 Å². The van der Waals surface area contributed by atoms with Gasteiger partial charge in [0.05, 0.1) is 0 Å². The third-order valence-corrected chi connectivity index (χ3v) is 5.01. The molecule has 1 atom stereocenters. The van der Waals surface area contributed by atoms with Gasteiger partial charge in [-0.2, -0.15) is 0 Å². The van der Waals surface area contributed by atoms with E-state index in [1.54, 1.807) is 0 Å². The number of nitrogens with zero attached hydrogens (tertiary/aromatic N) is 1. The molecule has 2 nitrogen and oxygen atoms in total. The van der Waals surface area contributed by atoms with Gasteiger partial charge in [0.25, 0.3) is 0 Å². The van der Waals surface area contributed by atoms with E-state index in [2.05, 4.69) is 19.2 Å². The second-order valence-electron chi connectivity index (χ2n) is 5.76. The van der Waals surface area contributed by atoms with Crippen molar-refractivity contribution >= 4 is 16.9 Å². The standard InChI is InChI=1S/C14H26N2S/c1-11(2)13-8-10-17-14(16-13)15-9-7-12-5-3-4-6-12/h11-13H,3-10H2,1-2H3,(H,15,16). The van der Waals surface area contributed by atoms with Crippen molar-refractivity contribution in [1.29, 1.82) is 0 Å². The SMILES string of the molecule is CC(C)C1CCSC(=NCCC2CCCC2)N1. The number of hydrogen-bond acceptors (Lipinski definition) is 2. The van der Waals surface area contributed by atoms with Crippen LogP contribution in [0.15, 0.2) is 4.99 Å². The van der Waals surface area contributed by atoms with Crippen molar-refractivity contribution in [3.8, 4) is 0 Å². The smallest absolute Gasteiger partial charge is 0.156 e. The van der Waals surface area contributed by atoms with Gasteiger partial charge in [0.15, 0.2) is 5.17 Å². The zero-order valence-corrected chi connectivity index (χ0v) is 12.1. The van der Waals surface area contributed by atoms with Crippen molar-refractivity contribution in [2.75, 3.05) is 12.3 Å². The zero-order valence-electron chi connectivity index (χ0n) is 11.2. The van der Waals surface area contributed by atoms with Crippen LogP contribution >= 0.6 is 11.8 Å². The summed E-state index contributed by atoms with van der Waals surface area (Å²) in [5.74, 6) is 2.92. The highest BCUT2D eigenvalue weighted by Gasteiger charge is 2.20. The van der Waals surface area contributed by atoms with Gasteiger partial charge >= 0.3 is 0 Å². The van der Waals surface area contributed by atoms with Crippen molar-refractivity contribution < 1.29 is 0 Å². The number of amidine groups is 1. The Hall–Kier alpha value is -0.180. The highest BCUT2D eigenvalue weighted by atomic mass is 32.2. The predicted octanol–water partition coefficient (Wildman–Crippen LogP) is 3.67. The minimum absolute atomic E-state index is 0.640. The maximum Gasteiger partial charge on any atom is 0.156 e. The number of thioether (sulfide) groups is 1. The Balaban J connectivity index is 1.72. The van der Waals surface area contributed by atoms with Crippen LogP contribution in [0.5, 0.6) is 0 Å². The number of nitrogens with one attached hydrogen (secondary N) is 1. The van der Waals surface area contributed by atoms with Crippen LogP contribution in [0.1, 0.15) is 52.4 Å². The Labute approximate surface area is 110 Å². The molecule has 2 aliphatic rings. The molecule has 1 N–H and O–H groups in total. The van der Waals surface area contributed by atoms with E-state index in [9.17, 15) is 0 Å². The second-order valence-corrected chi connectivity index (χ2v) is 6.84. The molecule has 0 amide bonds. The van der Waals surface area contributed by atoms with E-state index >= 15 is 0 Å². The Kier molecular flexibility index (Phi) is 5.20. The van der Waals surface area contributed by atoms with E-state index in [4.69, 9.17) is 4.99 Å². The van der Waals surface area contributed by atoms with Gasteiger partial charge in [-0.3, -0.25) is 4.99 Å². The summed E-state index contributed by atoms with van der Waals surface area (Å²) in [5, 5.41) is 4.79. The van der Waals surface area contributed by atoms with Crippen molar-refractivity contribution in [2.45, 2.75) is 58.4 Å². The summed E-state index contributed by atoms with van der Waals surface area (Å²) in [6, 6.07) is 0.640. The van der Waals surface area contributed by atoms with E-state index in [0.717, 1.165) is 18.4 Å². The molecule has 0 spiro atoms. The maximum absolute atomic E-state index is 4.75. The van der Waals surface area contributed by atoms with Crippen molar-refractivity contribution in [3.63, 3.8) is 0 Å². The monoisotopic (exact) mass is 254 g/mol. The molecule has 98 valence electrons. The average molecular weight is 254 g/mol. The number of hydrogen-bond donors (Lipinski definition) is 1. The van der Waals surface area contributed by atoms with Crippen molar-refractivity contribution in [2.24, 2.45) is 16.8 Å². The molecule has 1 aliphatic heterocycles. The van der Waals surface area contributed by atoms with Crippen LogP contribution in [0.3, 0.4) is 0 Å². The van der Waals surface area contributed by atoms with Crippen LogP contribution in [0, 0.1) is 11.8 Å². The molecule has 2 fully saturated rings.